The van der Waals surface area contributed by atoms with Crippen LogP contribution in [0.5, 0.6) is 0 Å². The molecule has 0 spiro atoms. The van der Waals surface area contributed by atoms with Crippen LogP contribution in [-0.4, -0.2) is 9.13 Å². The summed E-state index contributed by atoms with van der Waals surface area (Å²) in [5.74, 6) is -1.78. The van der Waals surface area contributed by atoms with Crippen LogP contribution in [0.4, 0.5) is 22.0 Å². The number of halogens is 5. The molecule has 0 aliphatic heterocycles. The summed E-state index contributed by atoms with van der Waals surface area (Å²) < 4.78 is 87.9. The second-order valence-corrected chi connectivity index (χ2v) is 16.7. The smallest absolute Gasteiger partial charge is 0.308 e. The monoisotopic (exact) mass is 800 g/mol. The van der Waals surface area contributed by atoms with Gasteiger partial charge in [-0.1, -0.05) is 91.0 Å². The second kappa shape index (κ2) is 12.0. The van der Waals surface area contributed by atoms with E-state index in [4.69, 9.17) is 0 Å². The number of para-hydroxylation sites is 2. The number of fused-ring (bicyclic) bond motifs is 14. The predicted octanol–water partition coefficient (Wildman–Crippen LogP) is 15.6. The molecular formula is C49H25F5N2S2. The number of alkyl halides is 3. The lowest BCUT2D eigenvalue weighted by atomic mass is 9.96. The Kier molecular flexibility index (Phi) is 6.94. The van der Waals surface area contributed by atoms with Crippen LogP contribution in [0.1, 0.15) is 5.56 Å². The van der Waals surface area contributed by atoms with Gasteiger partial charge in [0.2, 0.25) is 0 Å². The molecule has 8 aromatic carbocycles. The van der Waals surface area contributed by atoms with E-state index in [9.17, 15) is 0 Å². The van der Waals surface area contributed by atoms with E-state index in [1.54, 1.807) is 31.8 Å². The molecule has 278 valence electrons. The molecule has 0 aliphatic rings. The Morgan fingerprint density at radius 3 is 1.29 bits per heavy atom. The molecule has 9 heteroatoms. The van der Waals surface area contributed by atoms with E-state index in [0.717, 1.165) is 86.2 Å². The first-order valence-electron chi connectivity index (χ1n) is 18.6. The van der Waals surface area contributed by atoms with Crippen molar-refractivity contribution in [3.8, 4) is 22.5 Å². The minimum Gasteiger partial charge on any atom is -0.308 e. The van der Waals surface area contributed by atoms with Crippen LogP contribution in [0.15, 0.2) is 152 Å². The molecule has 4 aromatic heterocycles. The lowest BCUT2D eigenvalue weighted by Crippen LogP contribution is -2.12. The molecule has 0 unspecified atom stereocenters. The van der Waals surface area contributed by atoms with Gasteiger partial charge in [0.15, 0.2) is 0 Å². The van der Waals surface area contributed by atoms with E-state index in [2.05, 4.69) is 0 Å². The number of hydrogen-bond donors (Lipinski definition) is 0. The molecule has 2 nitrogen and oxygen atoms in total. The van der Waals surface area contributed by atoms with Crippen molar-refractivity contribution < 1.29 is 22.0 Å². The third-order valence-corrected chi connectivity index (χ3v) is 13.7. The highest BCUT2D eigenvalue weighted by Crippen LogP contribution is 2.50. The maximum atomic E-state index is 16.7. The first-order valence-corrected chi connectivity index (χ1v) is 20.3. The molecule has 0 aliphatic carbocycles. The fourth-order valence-electron chi connectivity index (χ4n) is 9.15. The average Bonchev–Trinajstić information content (AvgIpc) is 3.98. The van der Waals surface area contributed by atoms with E-state index in [0.29, 0.717) is 22.1 Å². The minimum absolute atomic E-state index is 0.00184. The Balaban J connectivity index is 1.37. The SMILES string of the molecule is Fc1cccc(F)c1-c1c(-n2c3ccccc3c3ccc4sc5ccccc5c4c32)cc(C(F)(F)F)cc1-n1c2ccccc2c2ccc3sc4ccccc4c3c21. The van der Waals surface area contributed by atoms with Gasteiger partial charge in [0, 0.05) is 67.5 Å². The molecule has 12 rings (SSSR count). The van der Waals surface area contributed by atoms with Gasteiger partial charge in [-0.2, -0.15) is 13.2 Å². The van der Waals surface area contributed by atoms with Crippen LogP contribution < -0.4 is 0 Å². The first-order chi connectivity index (χ1) is 28.3. The van der Waals surface area contributed by atoms with Crippen LogP contribution in [0.2, 0.25) is 0 Å². The summed E-state index contributed by atoms with van der Waals surface area (Å²) in [7, 11) is 0. The van der Waals surface area contributed by atoms with Gasteiger partial charge in [0.1, 0.15) is 11.6 Å². The lowest BCUT2D eigenvalue weighted by Gasteiger charge is -2.23. The standard InChI is InChI=1S/C49H25F5N2S2/c50-33-14-9-15-34(51)45(33)46-37(55-35-16-5-1-10-27(35)29-20-22-41-43(47(29)55)31-12-3-7-18-39(31)57-41)24-26(49(52,53)54)25-38(46)56-36-17-6-2-11-28(36)30-21-23-42-44(48(30)56)32-13-4-8-19-40(32)58-42/h1-25H. The topological polar surface area (TPSA) is 9.86 Å². The normalized spacial score (nSPS) is 12.6. The highest BCUT2D eigenvalue weighted by molar-refractivity contribution is 7.26. The molecule has 0 atom stereocenters. The highest BCUT2D eigenvalue weighted by Gasteiger charge is 2.36. The van der Waals surface area contributed by atoms with Gasteiger partial charge in [-0.15, -0.1) is 22.7 Å². The van der Waals surface area contributed by atoms with Gasteiger partial charge >= 0.3 is 6.18 Å². The zero-order valence-electron chi connectivity index (χ0n) is 30.0. The van der Waals surface area contributed by atoms with Crippen molar-refractivity contribution >= 4 is 107 Å². The zero-order valence-corrected chi connectivity index (χ0v) is 31.7. The molecule has 58 heavy (non-hydrogen) atoms. The number of thiophene rings is 2. The van der Waals surface area contributed by atoms with Gasteiger partial charge in [-0.3, -0.25) is 0 Å². The van der Waals surface area contributed by atoms with Gasteiger partial charge in [-0.25, -0.2) is 8.78 Å². The summed E-state index contributed by atoms with van der Waals surface area (Å²) in [4.78, 5) is 0. The Labute approximate surface area is 333 Å². The lowest BCUT2D eigenvalue weighted by molar-refractivity contribution is -0.137. The molecule has 0 N–H and O–H groups in total. The van der Waals surface area contributed by atoms with Crippen molar-refractivity contribution in [3.63, 3.8) is 0 Å². The maximum Gasteiger partial charge on any atom is 0.416 e. The molecule has 0 radical (unpaired) electrons. The minimum atomic E-state index is -4.83. The van der Waals surface area contributed by atoms with Crippen LogP contribution in [-0.2, 0) is 6.18 Å². The Bertz CT molecular complexity index is 3480. The van der Waals surface area contributed by atoms with Gasteiger partial charge in [-0.05, 0) is 60.7 Å². The van der Waals surface area contributed by atoms with Gasteiger partial charge < -0.3 is 9.13 Å². The van der Waals surface area contributed by atoms with Crippen LogP contribution in [0.25, 0.3) is 106 Å². The molecule has 0 bridgehead atoms. The Morgan fingerprint density at radius 2 is 0.828 bits per heavy atom. The van der Waals surface area contributed by atoms with E-state index in [1.165, 1.54) is 6.07 Å². The van der Waals surface area contributed by atoms with E-state index in [-0.39, 0.29) is 16.9 Å². The summed E-state index contributed by atoms with van der Waals surface area (Å²) in [6, 6.07) is 44.8. The molecule has 0 amide bonds. The summed E-state index contributed by atoms with van der Waals surface area (Å²) in [5, 5.41) is 6.83. The fraction of sp³-hybridized carbons (Fsp3) is 0.0204. The van der Waals surface area contributed by atoms with Crippen molar-refractivity contribution in [3.05, 3.63) is 169 Å². The third kappa shape index (κ3) is 4.57. The molecule has 0 saturated heterocycles. The third-order valence-electron chi connectivity index (χ3n) is 11.5. The number of hydrogen-bond acceptors (Lipinski definition) is 2. The highest BCUT2D eigenvalue weighted by atomic mass is 32.1. The Morgan fingerprint density at radius 1 is 0.397 bits per heavy atom. The fourth-order valence-corrected chi connectivity index (χ4v) is 11.4. The predicted molar refractivity (Wildman–Crippen MR) is 231 cm³/mol. The molecule has 0 fully saturated rings. The molecule has 12 aromatic rings. The van der Waals surface area contributed by atoms with Crippen molar-refractivity contribution in [1.82, 2.24) is 9.13 Å². The van der Waals surface area contributed by atoms with E-state index < -0.39 is 28.9 Å². The van der Waals surface area contributed by atoms with E-state index in [1.807, 2.05) is 121 Å². The van der Waals surface area contributed by atoms with Gasteiger partial charge in [0.25, 0.3) is 0 Å². The summed E-state index contributed by atoms with van der Waals surface area (Å²) >= 11 is 3.19. The zero-order chi connectivity index (χ0) is 39.0. The average molecular weight is 801 g/mol. The summed E-state index contributed by atoms with van der Waals surface area (Å²) in [6.07, 6.45) is -4.83. The van der Waals surface area contributed by atoms with Gasteiger partial charge in [0.05, 0.1) is 44.6 Å². The van der Waals surface area contributed by atoms with Crippen LogP contribution in [0, 0.1) is 11.6 Å². The number of aromatic nitrogens is 2. The van der Waals surface area contributed by atoms with Crippen molar-refractivity contribution in [2.45, 2.75) is 6.18 Å². The summed E-state index contributed by atoms with van der Waals surface area (Å²) in [6.45, 7) is 0. The summed E-state index contributed by atoms with van der Waals surface area (Å²) in [5.41, 5.74) is 1.20. The number of nitrogens with zero attached hydrogens (tertiary/aromatic N) is 2. The number of rotatable bonds is 3. The largest absolute Gasteiger partial charge is 0.416 e. The second-order valence-electron chi connectivity index (χ2n) is 14.6. The Hall–Kier alpha value is -6.55. The number of benzene rings is 8. The molecule has 4 heterocycles. The quantitative estimate of drug-likeness (QED) is 0.158. The molecule has 0 saturated carbocycles. The van der Waals surface area contributed by atoms with Crippen LogP contribution >= 0.6 is 22.7 Å². The van der Waals surface area contributed by atoms with Crippen molar-refractivity contribution in [1.29, 1.82) is 0 Å². The maximum absolute atomic E-state index is 16.7. The van der Waals surface area contributed by atoms with Crippen molar-refractivity contribution in [2.75, 3.05) is 0 Å². The van der Waals surface area contributed by atoms with E-state index >= 15 is 22.0 Å². The van der Waals surface area contributed by atoms with Crippen molar-refractivity contribution in [2.24, 2.45) is 0 Å². The first kappa shape index (κ1) is 33.6. The van der Waals surface area contributed by atoms with Crippen LogP contribution in [0.3, 0.4) is 0 Å². The molecular weight excluding hydrogens is 776 g/mol.